The van der Waals surface area contributed by atoms with Crippen molar-refractivity contribution in [1.29, 1.82) is 0 Å². The lowest BCUT2D eigenvalue weighted by Crippen LogP contribution is -2.40. The molecule has 0 amide bonds. The molecule has 21 heavy (non-hydrogen) atoms. The number of unbranched alkanes of at least 4 members (excludes halogenated alkanes) is 1. The largest absolute Gasteiger partial charge is 0.378 e. The molecular formula is C19H34OS. The third kappa shape index (κ3) is 3.04. The lowest BCUT2D eigenvalue weighted by molar-refractivity contribution is -0.0215. The van der Waals surface area contributed by atoms with Crippen molar-refractivity contribution in [1.82, 2.24) is 0 Å². The van der Waals surface area contributed by atoms with Gasteiger partial charge in [0.2, 0.25) is 0 Å². The van der Waals surface area contributed by atoms with Gasteiger partial charge in [0.05, 0.1) is 6.10 Å². The second kappa shape index (κ2) is 6.83. The van der Waals surface area contributed by atoms with E-state index in [1.165, 1.54) is 38.5 Å². The fraction of sp³-hybridized carbons (Fsp3) is 1.00. The van der Waals surface area contributed by atoms with Crippen molar-refractivity contribution in [2.24, 2.45) is 29.6 Å². The molecule has 3 aliphatic rings. The fourth-order valence-corrected chi connectivity index (χ4v) is 7.52. The van der Waals surface area contributed by atoms with Crippen LogP contribution in [0.5, 0.6) is 0 Å². The fourth-order valence-electron chi connectivity index (χ4n) is 5.14. The predicted molar refractivity (Wildman–Crippen MR) is 92.8 cm³/mol. The summed E-state index contributed by atoms with van der Waals surface area (Å²) in [5.41, 5.74) is 0. The normalized spacial score (nSPS) is 49.7. The van der Waals surface area contributed by atoms with E-state index in [0.717, 1.165) is 46.7 Å². The first-order chi connectivity index (χ1) is 10.1. The molecule has 1 saturated heterocycles. The van der Waals surface area contributed by atoms with Crippen molar-refractivity contribution in [3.63, 3.8) is 0 Å². The summed E-state index contributed by atoms with van der Waals surface area (Å²) < 4.78 is 6.23. The number of ether oxygens (including phenoxy) is 1. The first kappa shape index (κ1) is 16.2. The highest BCUT2D eigenvalue weighted by atomic mass is 32.2. The quantitative estimate of drug-likeness (QED) is 0.644. The molecule has 1 heterocycles. The van der Waals surface area contributed by atoms with Gasteiger partial charge >= 0.3 is 0 Å². The second-order valence-corrected chi connectivity index (χ2v) is 9.37. The Bertz CT molecular complexity index is 344. The number of rotatable bonds is 4. The standard InChI is InChI=1S/C19H34OS/c1-5-6-11-20-17-10-9-16-15-8-7-12(2)13(3)18(15)21-19(16)14(17)4/h12-19H,5-11H2,1-4H3. The van der Waals surface area contributed by atoms with Gasteiger partial charge in [0.1, 0.15) is 0 Å². The van der Waals surface area contributed by atoms with Crippen LogP contribution in [0.25, 0.3) is 0 Å². The zero-order chi connectivity index (χ0) is 15.0. The van der Waals surface area contributed by atoms with Crippen LogP contribution < -0.4 is 0 Å². The van der Waals surface area contributed by atoms with Crippen LogP contribution in [0.2, 0.25) is 0 Å². The van der Waals surface area contributed by atoms with Crippen LogP contribution in [0, 0.1) is 29.6 Å². The maximum Gasteiger partial charge on any atom is 0.0611 e. The second-order valence-electron chi connectivity index (χ2n) is 8.01. The van der Waals surface area contributed by atoms with Gasteiger partial charge in [-0.15, -0.1) is 0 Å². The smallest absolute Gasteiger partial charge is 0.0611 e. The molecule has 0 radical (unpaired) electrons. The molecule has 2 aliphatic carbocycles. The van der Waals surface area contributed by atoms with Crippen LogP contribution in [-0.4, -0.2) is 23.2 Å². The summed E-state index contributed by atoms with van der Waals surface area (Å²) in [6, 6.07) is 0. The lowest BCUT2D eigenvalue weighted by Gasteiger charge is -2.40. The molecule has 3 rings (SSSR count). The van der Waals surface area contributed by atoms with Crippen molar-refractivity contribution < 1.29 is 4.74 Å². The van der Waals surface area contributed by atoms with Gasteiger partial charge in [-0.2, -0.15) is 11.8 Å². The first-order valence-corrected chi connectivity index (χ1v) is 10.3. The van der Waals surface area contributed by atoms with Crippen molar-refractivity contribution >= 4 is 11.8 Å². The minimum Gasteiger partial charge on any atom is -0.378 e. The summed E-state index contributed by atoms with van der Waals surface area (Å²) in [4.78, 5) is 0. The maximum atomic E-state index is 6.23. The van der Waals surface area contributed by atoms with Crippen LogP contribution in [0.15, 0.2) is 0 Å². The summed E-state index contributed by atoms with van der Waals surface area (Å²) in [7, 11) is 0. The van der Waals surface area contributed by atoms with Crippen LogP contribution in [0.1, 0.15) is 66.2 Å². The van der Waals surface area contributed by atoms with E-state index in [-0.39, 0.29) is 0 Å². The van der Waals surface area contributed by atoms with E-state index < -0.39 is 0 Å². The molecule has 0 bridgehead atoms. The van der Waals surface area contributed by atoms with E-state index in [1.54, 1.807) is 0 Å². The van der Waals surface area contributed by atoms with Crippen molar-refractivity contribution in [2.45, 2.75) is 82.8 Å². The van der Waals surface area contributed by atoms with E-state index in [2.05, 4.69) is 39.5 Å². The Balaban J connectivity index is 1.64. The number of hydrogen-bond acceptors (Lipinski definition) is 2. The third-order valence-electron chi connectivity index (χ3n) is 6.80. The Morgan fingerprint density at radius 1 is 0.905 bits per heavy atom. The molecule has 2 saturated carbocycles. The summed E-state index contributed by atoms with van der Waals surface area (Å²) >= 11 is 2.36. The van der Waals surface area contributed by atoms with E-state index in [9.17, 15) is 0 Å². The zero-order valence-corrected chi connectivity index (χ0v) is 15.2. The van der Waals surface area contributed by atoms with E-state index in [4.69, 9.17) is 4.74 Å². The molecule has 8 atom stereocenters. The zero-order valence-electron chi connectivity index (χ0n) is 14.4. The average molecular weight is 311 g/mol. The average Bonchev–Trinajstić information content (AvgIpc) is 2.86. The summed E-state index contributed by atoms with van der Waals surface area (Å²) in [6.45, 7) is 10.7. The van der Waals surface area contributed by atoms with Gasteiger partial charge in [0, 0.05) is 17.1 Å². The minimum absolute atomic E-state index is 0.540. The van der Waals surface area contributed by atoms with Gasteiger partial charge in [-0.3, -0.25) is 0 Å². The van der Waals surface area contributed by atoms with Gasteiger partial charge < -0.3 is 4.74 Å². The Kier molecular flexibility index (Phi) is 5.26. The van der Waals surface area contributed by atoms with E-state index in [1.807, 2.05) is 0 Å². The predicted octanol–water partition coefficient (Wildman–Crippen LogP) is 5.38. The van der Waals surface area contributed by atoms with Crippen LogP contribution in [0.3, 0.4) is 0 Å². The summed E-state index contributed by atoms with van der Waals surface area (Å²) in [5, 5.41) is 1.83. The molecule has 0 N–H and O–H groups in total. The Morgan fingerprint density at radius 2 is 1.57 bits per heavy atom. The SMILES string of the molecule is CCCCOC1CCC2C3CCC(C)C(C)C3SC2C1C. The highest BCUT2D eigenvalue weighted by Crippen LogP contribution is 2.58. The molecule has 1 nitrogen and oxygen atoms in total. The van der Waals surface area contributed by atoms with Gasteiger partial charge in [-0.1, -0.05) is 40.5 Å². The van der Waals surface area contributed by atoms with Gasteiger partial charge in [-0.25, -0.2) is 0 Å². The Labute approximate surface area is 136 Å². The maximum absolute atomic E-state index is 6.23. The van der Waals surface area contributed by atoms with Crippen LogP contribution in [-0.2, 0) is 4.74 Å². The van der Waals surface area contributed by atoms with Crippen molar-refractivity contribution in [2.75, 3.05) is 6.61 Å². The molecule has 2 heteroatoms. The first-order valence-electron chi connectivity index (χ1n) is 9.40. The molecule has 122 valence electrons. The summed E-state index contributed by atoms with van der Waals surface area (Å²) in [5.74, 6) is 4.64. The molecule has 1 aliphatic heterocycles. The molecule has 0 aromatic carbocycles. The molecular weight excluding hydrogens is 276 g/mol. The van der Waals surface area contributed by atoms with Crippen LogP contribution >= 0.6 is 11.8 Å². The van der Waals surface area contributed by atoms with E-state index in [0.29, 0.717) is 6.10 Å². The topological polar surface area (TPSA) is 9.23 Å². The molecule has 3 fully saturated rings. The van der Waals surface area contributed by atoms with Crippen LogP contribution in [0.4, 0.5) is 0 Å². The molecule has 8 unspecified atom stereocenters. The molecule has 0 aromatic rings. The minimum atomic E-state index is 0.540. The van der Waals surface area contributed by atoms with Gasteiger partial charge in [0.15, 0.2) is 0 Å². The number of hydrogen-bond donors (Lipinski definition) is 0. The van der Waals surface area contributed by atoms with Gasteiger partial charge in [-0.05, 0) is 55.3 Å². The highest BCUT2D eigenvalue weighted by Gasteiger charge is 2.52. The van der Waals surface area contributed by atoms with E-state index >= 15 is 0 Å². The van der Waals surface area contributed by atoms with Crippen molar-refractivity contribution in [3.8, 4) is 0 Å². The lowest BCUT2D eigenvalue weighted by atomic mass is 9.66. The molecule has 0 aromatic heterocycles. The monoisotopic (exact) mass is 310 g/mol. The number of thioether (sulfide) groups is 1. The Morgan fingerprint density at radius 3 is 2.29 bits per heavy atom. The highest BCUT2D eigenvalue weighted by molar-refractivity contribution is 8.00. The molecule has 0 spiro atoms. The van der Waals surface area contributed by atoms with Gasteiger partial charge in [0.25, 0.3) is 0 Å². The third-order valence-corrected chi connectivity index (χ3v) is 8.98. The summed E-state index contributed by atoms with van der Waals surface area (Å²) in [6.07, 6.45) is 8.74. The Hall–Kier alpha value is 0.310. The number of fused-ring (bicyclic) bond motifs is 3. The van der Waals surface area contributed by atoms with Crippen molar-refractivity contribution in [3.05, 3.63) is 0 Å².